The number of fused-ring (bicyclic) bond motifs is 10. The quantitative estimate of drug-likeness (QED) is 0.186. The van der Waals surface area contributed by atoms with E-state index in [2.05, 4.69) is 75.0 Å². The van der Waals surface area contributed by atoms with Gasteiger partial charge in [-0.1, -0.05) is 72.8 Å². The monoisotopic (exact) mass is 712 g/mol. The van der Waals surface area contributed by atoms with Gasteiger partial charge in [-0.2, -0.15) is 0 Å². The number of benzene rings is 3. The molecular weight excluding hydrogens is 653 g/mol. The van der Waals surface area contributed by atoms with E-state index in [1.165, 1.54) is 83.7 Å². The van der Waals surface area contributed by atoms with Crippen LogP contribution in [-0.4, -0.2) is 46.8 Å². The third kappa shape index (κ3) is 7.60. The van der Waals surface area contributed by atoms with Crippen LogP contribution in [0.25, 0.3) is 0 Å². The summed E-state index contributed by atoms with van der Waals surface area (Å²) in [6.07, 6.45) is 19.1. The highest BCUT2D eigenvalue weighted by atomic mass is 16.2. The van der Waals surface area contributed by atoms with Gasteiger partial charge < -0.3 is 10.6 Å². The molecule has 3 aromatic rings. The highest BCUT2D eigenvalue weighted by Crippen LogP contribution is 2.54. The highest BCUT2D eigenvalue weighted by molar-refractivity contribution is 5.80. The molecule has 6 aliphatic rings. The first-order chi connectivity index (χ1) is 26.1. The molecule has 53 heavy (non-hydrogen) atoms. The Morgan fingerprint density at radius 3 is 1.36 bits per heavy atom. The van der Waals surface area contributed by atoms with Crippen LogP contribution in [0.5, 0.6) is 0 Å². The van der Waals surface area contributed by atoms with Crippen LogP contribution >= 0.6 is 0 Å². The molecule has 0 spiro atoms. The van der Waals surface area contributed by atoms with Crippen molar-refractivity contribution in [1.82, 2.24) is 20.4 Å². The molecule has 2 aliphatic carbocycles. The third-order valence-electron chi connectivity index (χ3n) is 14.4. The highest BCUT2D eigenvalue weighted by Gasteiger charge is 2.44. The maximum Gasteiger partial charge on any atom is 0.224 e. The molecule has 4 bridgehead atoms. The normalized spacial score (nSPS) is 30.3. The summed E-state index contributed by atoms with van der Waals surface area (Å²) in [5, 5.41) is 6.69. The van der Waals surface area contributed by atoms with Gasteiger partial charge in [0.15, 0.2) is 0 Å². The second-order valence-electron chi connectivity index (χ2n) is 17.6. The Hall–Kier alpha value is -3.48. The van der Waals surface area contributed by atoms with Crippen molar-refractivity contribution in [2.45, 2.75) is 145 Å². The number of nitrogens with one attached hydrogen (secondary N) is 2. The lowest BCUT2D eigenvalue weighted by Crippen LogP contribution is -2.39. The molecule has 2 saturated heterocycles. The van der Waals surface area contributed by atoms with Crippen molar-refractivity contribution in [3.05, 3.63) is 106 Å². The van der Waals surface area contributed by atoms with Crippen molar-refractivity contribution < 1.29 is 9.59 Å². The van der Waals surface area contributed by atoms with Crippen molar-refractivity contribution in [1.29, 1.82) is 0 Å². The van der Waals surface area contributed by atoms with Crippen molar-refractivity contribution in [2.75, 3.05) is 13.1 Å². The molecule has 0 radical (unpaired) electrons. The zero-order chi connectivity index (χ0) is 35.7. The van der Waals surface area contributed by atoms with Gasteiger partial charge >= 0.3 is 0 Å². The maximum absolute atomic E-state index is 13.1. The number of carbonyl (C=O) groups excluding carboxylic acids is 2. The first-order valence-corrected chi connectivity index (χ1v) is 21.4. The molecule has 2 amide bonds. The largest absolute Gasteiger partial charge is 0.353 e. The van der Waals surface area contributed by atoms with E-state index in [9.17, 15) is 9.59 Å². The number of rotatable bonds is 13. The van der Waals surface area contributed by atoms with Gasteiger partial charge in [0.25, 0.3) is 0 Å². The molecule has 0 unspecified atom stereocenters. The van der Waals surface area contributed by atoms with Crippen LogP contribution in [0.15, 0.2) is 72.8 Å². The first kappa shape index (κ1) is 35.2. The Labute approximate surface area is 317 Å². The van der Waals surface area contributed by atoms with Crippen LogP contribution in [0.1, 0.15) is 154 Å². The van der Waals surface area contributed by atoms with Gasteiger partial charge in [-0.15, -0.1) is 0 Å². The zero-order valence-electron chi connectivity index (χ0n) is 31.7. The summed E-state index contributed by atoms with van der Waals surface area (Å²) in [6, 6.07) is 29.5. The molecule has 9 rings (SSSR count). The van der Waals surface area contributed by atoms with Gasteiger partial charge in [0.1, 0.15) is 0 Å². The van der Waals surface area contributed by atoms with Crippen LogP contribution in [0.3, 0.4) is 0 Å². The van der Waals surface area contributed by atoms with Gasteiger partial charge in [-0.05, 0) is 155 Å². The molecule has 2 N–H and O–H groups in total. The van der Waals surface area contributed by atoms with E-state index >= 15 is 0 Å². The first-order valence-electron chi connectivity index (χ1n) is 21.4. The van der Waals surface area contributed by atoms with E-state index < -0.39 is 0 Å². The lowest BCUT2D eigenvalue weighted by Gasteiger charge is -2.31. The zero-order valence-corrected chi connectivity index (χ0v) is 31.7. The maximum atomic E-state index is 13.1. The van der Waals surface area contributed by atoms with Gasteiger partial charge in [-0.3, -0.25) is 19.4 Å². The van der Waals surface area contributed by atoms with Crippen LogP contribution < -0.4 is 10.6 Å². The number of hydrogen-bond acceptors (Lipinski definition) is 4. The molecule has 6 nitrogen and oxygen atoms in total. The molecule has 4 aliphatic heterocycles. The molecule has 6 heteroatoms. The predicted octanol–water partition coefficient (Wildman–Crippen LogP) is 9.08. The molecule has 4 heterocycles. The van der Waals surface area contributed by atoms with E-state index in [1.54, 1.807) is 22.3 Å². The molecule has 4 fully saturated rings. The van der Waals surface area contributed by atoms with E-state index in [0.717, 1.165) is 48.6 Å². The van der Waals surface area contributed by atoms with Crippen molar-refractivity contribution in [3.8, 4) is 0 Å². The summed E-state index contributed by atoms with van der Waals surface area (Å²) in [4.78, 5) is 31.7. The van der Waals surface area contributed by atoms with Gasteiger partial charge in [0, 0.05) is 36.3 Å². The van der Waals surface area contributed by atoms with E-state index in [1.807, 2.05) is 18.2 Å². The van der Waals surface area contributed by atoms with Crippen LogP contribution in [0.2, 0.25) is 0 Å². The summed E-state index contributed by atoms with van der Waals surface area (Å²) in [5.74, 6) is 1.77. The Balaban J connectivity index is 0.653. The minimum absolute atomic E-state index is 0.107. The minimum Gasteiger partial charge on any atom is -0.353 e. The molecule has 4 atom stereocenters. The second-order valence-corrected chi connectivity index (χ2v) is 17.6. The van der Waals surface area contributed by atoms with Crippen molar-refractivity contribution in [2.24, 2.45) is 11.8 Å². The lowest BCUT2D eigenvalue weighted by molar-refractivity contribution is -0.122. The molecular formula is C47H60N4O2. The summed E-state index contributed by atoms with van der Waals surface area (Å²) in [6.45, 7) is 2.43. The standard InChI is InChI=1S/C47H60N4O2/c52-46(48-36-18-14-32(15-19-36)9-6-27-50-42-22-23-43(50)39-11-2-1-10-38(39)42)30-34-7-5-8-35(29-34)31-47(53)49-37-20-16-33(17-21-37)26-28-51-44-24-25-45(51)41-13-4-3-12-40(41)44/h1-5,7-8,10-13,29,32-33,36-37,42-45H,6,9,14-28,30-31H2,(H,48,52)(H,49,53)/t32?,33?,36?,37?,42-,43+,44-,45+. The number of nitrogens with zero attached hydrogens (tertiary/aromatic N) is 2. The topological polar surface area (TPSA) is 64.7 Å². The van der Waals surface area contributed by atoms with Crippen molar-refractivity contribution >= 4 is 11.8 Å². The summed E-state index contributed by atoms with van der Waals surface area (Å²) < 4.78 is 0. The van der Waals surface area contributed by atoms with Crippen LogP contribution in [-0.2, 0) is 22.4 Å². The lowest BCUT2D eigenvalue weighted by atomic mass is 9.83. The number of hydrogen-bond donors (Lipinski definition) is 2. The smallest absolute Gasteiger partial charge is 0.224 e. The minimum atomic E-state index is 0.107. The average Bonchev–Trinajstić information content (AvgIpc) is 3.94. The molecule has 280 valence electrons. The summed E-state index contributed by atoms with van der Waals surface area (Å²) in [5.41, 5.74) is 8.32. The van der Waals surface area contributed by atoms with Crippen LogP contribution in [0, 0.1) is 11.8 Å². The summed E-state index contributed by atoms with van der Waals surface area (Å²) in [7, 11) is 0. The summed E-state index contributed by atoms with van der Waals surface area (Å²) >= 11 is 0. The fraction of sp³-hybridized carbons (Fsp3) is 0.574. The molecule has 3 aromatic carbocycles. The second kappa shape index (κ2) is 15.7. The van der Waals surface area contributed by atoms with Gasteiger partial charge in [0.05, 0.1) is 12.8 Å². The fourth-order valence-corrected chi connectivity index (χ4v) is 11.8. The Morgan fingerprint density at radius 2 is 0.906 bits per heavy atom. The Kier molecular flexibility index (Phi) is 10.4. The predicted molar refractivity (Wildman–Crippen MR) is 211 cm³/mol. The molecule has 0 aromatic heterocycles. The Morgan fingerprint density at radius 1 is 0.491 bits per heavy atom. The average molecular weight is 713 g/mol. The van der Waals surface area contributed by atoms with E-state index in [4.69, 9.17) is 0 Å². The van der Waals surface area contributed by atoms with E-state index in [-0.39, 0.29) is 17.9 Å². The van der Waals surface area contributed by atoms with Gasteiger partial charge in [0.2, 0.25) is 11.8 Å². The molecule has 2 saturated carbocycles. The Bertz CT molecular complexity index is 1690. The third-order valence-corrected chi connectivity index (χ3v) is 14.4. The van der Waals surface area contributed by atoms with Gasteiger partial charge in [-0.25, -0.2) is 0 Å². The number of amides is 2. The van der Waals surface area contributed by atoms with Crippen LogP contribution in [0.4, 0.5) is 0 Å². The van der Waals surface area contributed by atoms with Crippen molar-refractivity contribution in [3.63, 3.8) is 0 Å². The number of carbonyl (C=O) groups is 2. The van der Waals surface area contributed by atoms with E-state index in [0.29, 0.717) is 43.1 Å². The fourth-order valence-electron chi connectivity index (χ4n) is 11.8. The SMILES string of the molecule is O=C(Cc1cccc(CC(=O)NC2CCC(CCN3[C@@H]4CC[C@H]3c3ccccc34)CC2)c1)NC1CCC(CCCN2[C@@H]3CC[C@H]2c2ccccc23)CC1.